The predicted octanol–water partition coefficient (Wildman–Crippen LogP) is 3.31. The molecule has 6 heteroatoms. The zero-order valence-corrected chi connectivity index (χ0v) is 16.6. The van der Waals surface area contributed by atoms with Crippen molar-refractivity contribution in [3.63, 3.8) is 0 Å². The minimum Gasteiger partial charge on any atom is -0.493 e. The fraction of sp³-hybridized carbons (Fsp3) is 0.429. The molecule has 0 unspecified atom stereocenters. The van der Waals surface area contributed by atoms with Crippen molar-refractivity contribution in [2.45, 2.75) is 31.5 Å². The molecule has 2 N–H and O–H groups in total. The van der Waals surface area contributed by atoms with E-state index in [4.69, 9.17) is 18.9 Å². The minimum absolute atomic E-state index is 0.510. The van der Waals surface area contributed by atoms with Crippen molar-refractivity contribution in [3.8, 4) is 23.0 Å². The molecule has 0 amide bonds. The number of hydrogen-bond acceptors (Lipinski definition) is 6. The van der Waals surface area contributed by atoms with Crippen LogP contribution in [0, 0.1) is 0 Å². The maximum absolute atomic E-state index is 11.1. The normalized spacial score (nSPS) is 13.6. The molecule has 27 heavy (non-hydrogen) atoms. The monoisotopic (exact) mass is 376 g/mol. The van der Waals surface area contributed by atoms with Crippen molar-refractivity contribution >= 4 is 0 Å². The molecule has 0 radical (unpaired) electrons. The topological polar surface area (TPSA) is 77.4 Å². The first-order valence-electron chi connectivity index (χ1n) is 8.61. The Morgan fingerprint density at radius 1 is 0.704 bits per heavy atom. The van der Waals surface area contributed by atoms with E-state index in [2.05, 4.69) is 0 Å². The third-order valence-corrected chi connectivity index (χ3v) is 4.59. The Morgan fingerprint density at radius 3 is 1.52 bits per heavy atom. The third-order valence-electron chi connectivity index (χ3n) is 4.59. The summed E-state index contributed by atoms with van der Waals surface area (Å²) in [5.41, 5.74) is 0.128. The van der Waals surface area contributed by atoms with E-state index in [1.807, 2.05) is 6.07 Å². The zero-order chi connectivity index (χ0) is 20.2. The standard InChI is InChI=1S/C21H28O6/c1-21(2,23)19(13-7-9-15(24-3)17(11-13)26-5)20(22)14-8-10-16(25-4)18(12-14)27-6/h7-12,19-20,22-23H,1-6H3/t19-,20-/m0/s1. The van der Waals surface area contributed by atoms with E-state index >= 15 is 0 Å². The zero-order valence-electron chi connectivity index (χ0n) is 16.6. The largest absolute Gasteiger partial charge is 0.493 e. The molecule has 148 valence electrons. The van der Waals surface area contributed by atoms with Gasteiger partial charge in [-0.15, -0.1) is 0 Å². The van der Waals surface area contributed by atoms with Crippen molar-refractivity contribution in [1.82, 2.24) is 0 Å². The number of benzene rings is 2. The molecular weight excluding hydrogens is 348 g/mol. The smallest absolute Gasteiger partial charge is 0.161 e. The van der Waals surface area contributed by atoms with Crippen LogP contribution in [0.1, 0.15) is 37.0 Å². The highest BCUT2D eigenvalue weighted by Crippen LogP contribution is 2.43. The van der Waals surface area contributed by atoms with Gasteiger partial charge in [-0.1, -0.05) is 12.1 Å². The summed E-state index contributed by atoms with van der Waals surface area (Å²) in [6.45, 7) is 3.33. The highest BCUT2D eigenvalue weighted by atomic mass is 16.5. The summed E-state index contributed by atoms with van der Waals surface area (Å²) in [5.74, 6) is 1.57. The Balaban J connectivity index is 2.51. The number of hydrogen-bond donors (Lipinski definition) is 2. The molecule has 0 aromatic heterocycles. The van der Waals surface area contributed by atoms with E-state index in [0.29, 0.717) is 28.6 Å². The molecule has 0 aliphatic carbocycles. The van der Waals surface area contributed by atoms with Crippen LogP contribution in [0.25, 0.3) is 0 Å². The van der Waals surface area contributed by atoms with E-state index in [1.165, 1.54) is 7.11 Å². The summed E-state index contributed by atoms with van der Waals surface area (Å²) in [4.78, 5) is 0. The summed E-state index contributed by atoms with van der Waals surface area (Å²) >= 11 is 0. The summed E-state index contributed by atoms with van der Waals surface area (Å²) in [5, 5.41) is 21.9. The van der Waals surface area contributed by atoms with Crippen LogP contribution in [0.4, 0.5) is 0 Å². The maximum Gasteiger partial charge on any atom is 0.161 e. The summed E-state index contributed by atoms with van der Waals surface area (Å²) in [6.07, 6.45) is -0.983. The highest BCUT2D eigenvalue weighted by molar-refractivity contribution is 5.47. The molecule has 0 bridgehead atoms. The molecule has 0 spiro atoms. The second kappa shape index (κ2) is 8.50. The second-order valence-electron chi connectivity index (χ2n) is 6.81. The first kappa shape index (κ1) is 20.9. The molecule has 0 heterocycles. The molecule has 6 nitrogen and oxygen atoms in total. The Bertz CT molecular complexity index is 766. The van der Waals surface area contributed by atoms with E-state index in [-0.39, 0.29) is 0 Å². The van der Waals surface area contributed by atoms with Gasteiger partial charge in [0.05, 0.1) is 40.1 Å². The van der Waals surface area contributed by atoms with Gasteiger partial charge in [0.2, 0.25) is 0 Å². The van der Waals surface area contributed by atoms with E-state index < -0.39 is 17.6 Å². The van der Waals surface area contributed by atoms with Gasteiger partial charge in [-0.3, -0.25) is 0 Å². The van der Waals surface area contributed by atoms with Crippen molar-refractivity contribution in [3.05, 3.63) is 47.5 Å². The van der Waals surface area contributed by atoms with Gasteiger partial charge in [0.1, 0.15) is 0 Å². The molecule has 0 saturated heterocycles. The SMILES string of the molecule is COc1ccc([C@H](O)[C@H](c2ccc(OC)c(OC)c2)C(C)(C)O)cc1OC. The second-order valence-corrected chi connectivity index (χ2v) is 6.81. The summed E-state index contributed by atoms with van der Waals surface area (Å²) in [7, 11) is 6.20. The Labute approximate surface area is 160 Å². The molecule has 2 aromatic rings. The number of rotatable bonds is 8. The van der Waals surface area contributed by atoms with Gasteiger partial charge in [-0.2, -0.15) is 0 Å². The number of aliphatic hydroxyl groups is 2. The number of ether oxygens (including phenoxy) is 4. The van der Waals surface area contributed by atoms with Gasteiger partial charge in [-0.05, 0) is 49.2 Å². The van der Waals surface area contributed by atoms with Crippen LogP contribution in [0.2, 0.25) is 0 Å². The van der Waals surface area contributed by atoms with Crippen LogP contribution in [0.5, 0.6) is 23.0 Å². The lowest BCUT2D eigenvalue weighted by atomic mass is 9.78. The lowest BCUT2D eigenvalue weighted by Crippen LogP contribution is -2.33. The van der Waals surface area contributed by atoms with E-state index in [9.17, 15) is 10.2 Å². The quantitative estimate of drug-likeness (QED) is 0.736. The van der Waals surface area contributed by atoms with E-state index in [0.717, 1.165) is 5.56 Å². The lowest BCUT2D eigenvalue weighted by molar-refractivity contribution is -0.00942. The van der Waals surface area contributed by atoms with Crippen LogP contribution in [-0.4, -0.2) is 44.3 Å². The number of aliphatic hydroxyl groups excluding tert-OH is 1. The predicted molar refractivity (Wildman–Crippen MR) is 103 cm³/mol. The molecule has 0 aliphatic heterocycles. The summed E-state index contributed by atoms with van der Waals surface area (Å²) < 4.78 is 21.2. The van der Waals surface area contributed by atoms with E-state index in [1.54, 1.807) is 65.5 Å². The Kier molecular flexibility index (Phi) is 6.57. The van der Waals surface area contributed by atoms with Crippen LogP contribution in [-0.2, 0) is 0 Å². The Morgan fingerprint density at radius 2 is 1.11 bits per heavy atom. The van der Waals surface area contributed by atoms with Gasteiger partial charge >= 0.3 is 0 Å². The number of methoxy groups -OCH3 is 4. The molecule has 2 aromatic carbocycles. The van der Waals surface area contributed by atoms with Gasteiger partial charge in [0.15, 0.2) is 23.0 Å². The third kappa shape index (κ3) is 4.46. The first-order chi connectivity index (χ1) is 12.8. The van der Waals surface area contributed by atoms with Crippen LogP contribution < -0.4 is 18.9 Å². The molecule has 0 aliphatic rings. The van der Waals surface area contributed by atoms with Crippen molar-refractivity contribution in [1.29, 1.82) is 0 Å². The molecule has 2 rings (SSSR count). The van der Waals surface area contributed by atoms with Gasteiger partial charge in [0.25, 0.3) is 0 Å². The van der Waals surface area contributed by atoms with Gasteiger partial charge in [-0.25, -0.2) is 0 Å². The van der Waals surface area contributed by atoms with Gasteiger partial charge < -0.3 is 29.2 Å². The summed E-state index contributed by atoms with van der Waals surface area (Å²) in [6, 6.07) is 10.5. The highest BCUT2D eigenvalue weighted by Gasteiger charge is 2.36. The fourth-order valence-corrected chi connectivity index (χ4v) is 3.25. The lowest BCUT2D eigenvalue weighted by Gasteiger charge is -2.34. The average Bonchev–Trinajstić information content (AvgIpc) is 2.66. The van der Waals surface area contributed by atoms with Crippen molar-refractivity contribution in [2.75, 3.05) is 28.4 Å². The van der Waals surface area contributed by atoms with Crippen molar-refractivity contribution < 1.29 is 29.2 Å². The van der Waals surface area contributed by atoms with Crippen LogP contribution >= 0.6 is 0 Å². The fourth-order valence-electron chi connectivity index (χ4n) is 3.25. The maximum atomic E-state index is 11.1. The molecule has 0 saturated carbocycles. The van der Waals surface area contributed by atoms with Gasteiger partial charge in [0, 0.05) is 5.92 Å². The van der Waals surface area contributed by atoms with Crippen LogP contribution in [0.15, 0.2) is 36.4 Å². The molecule has 0 fully saturated rings. The van der Waals surface area contributed by atoms with Crippen LogP contribution in [0.3, 0.4) is 0 Å². The molecular formula is C21H28O6. The minimum atomic E-state index is -1.20. The first-order valence-corrected chi connectivity index (χ1v) is 8.61. The Hall–Kier alpha value is -2.44. The average molecular weight is 376 g/mol. The molecule has 2 atom stereocenters. The van der Waals surface area contributed by atoms with Crippen molar-refractivity contribution in [2.24, 2.45) is 0 Å².